The maximum absolute atomic E-state index is 12.7. The Morgan fingerprint density at radius 3 is 2.27 bits per heavy atom. The third-order valence-corrected chi connectivity index (χ3v) is 12.5. The second-order valence-electron chi connectivity index (χ2n) is 13.6. The van der Waals surface area contributed by atoms with E-state index in [9.17, 15) is 44.1 Å². The van der Waals surface area contributed by atoms with Gasteiger partial charge in [0.1, 0.15) is 42.4 Å². The van der Waals surface area contributed by atoms with Crippen molar-refractivity contribution in [3.8, 4) is 11.3 Å². The first-order valence-electron chi connectivity index (χ1n) is 17.7. The number of fused-ring (bicyclic) bond motifs is 1. The van der Waals surface area contributed by atoms with E-state index in [1.807, 2.05) is 12.1 Å². The van der Waals surface area contributed by atoms with Gasteiger partial charge in [0.25, 0.3) is 6.23 Å². The van der Waals surface area contributed by atoms with Gasteiger partial charge in [0.05, 0.1) is 25.2 Å². The number of benzene rings is 1. The number of amides is 1. The van der Waals surface area contributed by atoms with Crippen molar-refractivity contribution in [2.24, 2.45) is 0 Å². The van der Waals surface area contributed by atoms with Crippen LogP contribution in [0.25, 0.3) is 22.4 Å². The van der Waals surface area contributed by atoms with Crippen LogP contribution in [0.4, 0.5) is 11.6 Å². The molecule has 59 heavy (non-hydrogen) atoms. The van der Waals surface area contributed by atoms with Crippen LogP contribution in [0.2, 0.25) is 5.02 Å². The average molecular weight is 883 g/mol. The number of imidazole rings is 1. The summed E-state index contributed by atoms with van der Waals surface area (Å²) in [7, 11) is -10.8. The zero-order valence-electron chi connectivity index (χ0n) is 30.7. The standard InChI is InChI=1S/C33H38ClN9O14P2/c1-16-23(40-41-30(16)39-22(44)7-4-17-2-5-19(34)6-3-17)18-8-10-42(11-9-18)32-27(47)25(45)20(55-32)12-53-58(49,50)57-59(51,52)54-13-21-26(46)28(48)33(56-21)43-15-38-24-29(35)36-14-37-31(24)43/h2-3,5-6,8-11,14-15,20-21,25-28,32-33,45-48H,4,7,12-13H2,1H3,(H5,35,36,37,39,44,49,50,51,52)/p+1/t20-,21-,25-,26-,27-,28-,32-,33-/m1/s1. The maximum Gasteiger partial charge on any atom is 0.481 e. The minimum absolute atomic E-state index is 0.0499. The number of aryl methyl sites for hydroxylation is 1. The molecule has 1 aromatic carbocycles. The zero-order chi connectivity index (χ0) is 42.2. The minimum Gasteiger partial charge on any atom is -0.387 e. The van der Waals surface area contributed by atoms with Crippen LogP contribution in [-0.2, 0) is 43.2 Å². The van der Waals surface area contributed by atoms with Crippen LogP contribution in [0.1, 0.15) is 30.0 Å². The van der Waals surface area contributed by atoms with Crippen molar-refractivity contribution in [1.82, 2.24) is 29.7 Å². The van der Waals surface area contributed by atoms with Crippen molar-refractivity contribution < 1.29 is 71.5 Å². The molecule has 4 aromatic heterocycles. The van der Waals surface area contributed by atoms with E-state index < -0.39 is 77.9 Å². The molecule has 26 heteroatoms. The molecule has 0 saturated carbocycles. The van der Waals surface area contributed by atoms with Gasteiger partial charge in [-0.1, -0.05) is 23.7 Å². The number of aromatic nitrogens is 7. The second-order valence-corrected chi connectivity index (χ2v) is 17.0. The van der Waals surface area contributed by atoms with Gasteiger partial charge in [0, 0.05) is 34.7 Å². The number of rotatable bonds is 15. The number of nitrogen functional groups attached to an aromatic ring is 1. The fraction of sp³-hybridized carbons (Fsp3) is 0.394. The SMILES string of the molecule is Cc1c(NC(=O)CCc2ccc(Cl)cc2)n[nH]c1-c1cc[n+]([C@@H]2O[C@H](COP(=O)(O)OP(=O)(O)OC[C@H]3O[C@@H](n4cnc5c(N)ncnc54)[C@H](O)[C@@H]3O)[C@@H](O)[C@H]2O)cc1. The van der Waals surface area contributed by atoms with Crippen LogP contribution in [0, 0.1) is 6.92 Å². The molecule has 7 rings (SSSR count). The van der Waals surface area contributed by atoms with Crippen LogP contribution < -0.4 is 15.6 Å². The summed E-state index contributed by atoms with van der Waals surface area (Å²) >= 11 is 5.92. The highest BCUT2D eigenvalue weighted by molar-refractivity contribution is 7.61. The summed E-state index contributed by atoms with van der Waals surface area (Å²) < 4.78 is 53.3. The molecule has 2 unspecified atom stereocenters. The molecule has 10 N–H and O–H groups in total. The quantitative estimate of drug-likeness (QED) is 0.0519. The third kappa shape index (κ3) is 9.54. The number of nitrogens with two attached hydrogens (primary N) is 1. The zero-order valence-corrected chi connectivity index (χ0v) is 33.2. The Kier molecular flexibility index (Phi) is 12.6. The molecule has 2 aliphatic heterocycles. The Morgan fingerprint density at radius 2 is 1.59 bits per heavy atom. The molecule has 0 bridgehead atoms. The molecule has 2 aliphatic rings. The van der Waals surface area contributed by atoms with E-state index in [0.717, 1.165) is 11.9 Å². The number of aromatic amines is 1. The lowest BCUT2D eigenvalue weighted by molar-refractivity contribution is -0.765. The molecule has 0 radical (unpaired) electrons. The Hall–Kier alpha value is -4.29. The predicted molar refractivity (Wildman–Crippen MR) is 202 cm³/mol. The lowest BCUT2D eigenvalue weighted by Gasteiger charge is -2.20. The number of carbonyl (C=O) groups excluding carboxylic acids is 1. The molecule has 2 fully saturated rings. The summed E-state index contributed by atoms with van der Waals surface area (Å²) in [5.74, 6) is 0.175. The summed E-state index contributed by atoms with van der Waals surface area (Å²) in [6, 6.07) is 10.5. The van der Waals surface area contributed by atoms with Gasteiger partial charge in [-0.25, -0.2) is 24.1 Å². The van der Waals surface area contributed by atoms with Crippen LogP contribution in [0.15, 0.2) is 61.4 Å². The number of phosphoric ester groups is 2. The van der Waals surface area contributed by atoms with Gasteiger partial charge in [0.2, 0.25) is 5.91 Å². The number of anilines is 2. The summed E-state index contributed by atoms with van der Waals surface area (Å²) in [6.45, 7) is -0.00368. The van der Waals surface area contributed by atoms with E-state index in [4.69, 9.17) is 35.9 Å². The molecule has 1 amide bonds. The lowest BCUT2D eigenvalue weighted by atomic mass is 10.1. The Morgan fingerprint density at radius 1 is 0.949 bits per heavy atom. The Labute approximate surface area is 338 Å². The number of hydrogen-bond acceptors (Lipinski definition) is 17. The number of nitrogens with one attached hydrogen (secondary N) is 2. The molecule has 5 aromatic rings. The number of nitrogens with zero attached hydrogens (tertiary/aromatic N) is 6. The van der Waals surface area contributed by atoms with Crippen LogP contribution in [0.3, 0.4) is 0 Å². The van der Waals surface area contributed by atoms with Crippen LogP contribution in [0.5, 0.6) is 0 Å². The van der Waals surface area contributed by atoms with E-state index in [-0.39, 0.29) is 29.3 Å². The third-order valence-electron chi connectivity index (χ3n) is 9.60. The highest BCUT2D eigenvalue weighted by Crippen LogP contribution is 2.60. The number of aliphatic hydroxyl groups is 4. The van der Waals surface area contributed by atoms with Gasteiger partial charge in [-0.2, -0.15) is 14.0 Å². The Bertz CT molecular complexity index is 2390. The van der Waals surface area contributed by atoms with E-state index in [1.54, 1.807) is 31.2 Å². The molecule has 0 aliphatic carbocycles. The van der Waals surface area contributed by atoms with Crippen molar-refractivity contribution in [1.29, 1.82) is 0 Å². The van der Waals surface area contributed by atoms with Crippen LogP contribution in [-0.4, -0.2) is 116 Å². The summed E-state index contributed by atoms with van der Waals surface area (Å²) in [5, 5.41) is 53.1. The number of hydrogen-bond donors (Lipinski definition) is 9. The number of ether oxygens (including phenoxy) is 2. The molecule has 0 spiro atoms. The molecule has 316 valence electrons. The van der Waals surface area contributed by atoms with Gasteiger partial charge in [-0.3, -0.25) is 23.5 Å². The monoisotopic (exact) mass is 882 g/mol. The summed E-state index contributed by atoms with van der Waals surface area (Å²) in [4.78, 5) is 44.9. The topological polar surface area (TPSA) is 333 Å². The number of pyridine rings is 1. The average Bonchev–Trinajstić information content (AvgIpc) is 3.94. The van der Waals surface area contributed by atoms with E-state index in [2.05, 4.69) is 34.8 Å². The molecule has 10 atom stereocenters. The van der Waals surface area contributed by atoms with Gasteiger partial charge < -0.3 is 50.7 Å². The van der Waals surface area contributed by atoms with Crippen LogP contribution >= 0.6 is 27.2 Å². The van der Waals surface area contributed by atoms with Gasteiger partial charge in [0.15, 0.2) is 42.0 Å². The fourth-order valence-electron chi connectivity index (χ4n) is 6.46. The van der Waals surface area contributed by atoms with Crippen molar-refractivity contribution >= 4 is 56.0 Å². The molecule has 23 nitrogen and oxygen atoms in total. The summed E-state index contributed by atoms with van der Waals surface area (Å²) in [5.41, 5.74) is 9.04. The smallest absolute Gasteiger partial charge is 0.387 e. The number of halogens is 1. The largest absolute Gasteiger partial charge is 0.481 e. The molecular formula is C33H39ClN9O14P2+. The van der Waals surface area contributed by atoms with Gasteiger partial charge in [-0.05, 0) is 31.0 Å². The number of aliphatic hydroxyl groups excluding tert-OH is 4. The number of phosphoric acid groups is 2. The number of H-pyrrole nitrogens is 1. The Balaban J connectivity index is 0.895. The predicted octanol–water partition coefficient (Wildman–Crippen LogP) is 0.808. The fourth-order valence-corrected chi connectivity index (χ4v) is 8.67. The van der Waals surface area contributed by atoms with Crippen molar-refractivity contribution in [2.45, 2.75) is 68.8 Å². The van der Waals surface area contributed by atoms with Crippen molar-refractivity contribution in [3.63, 3.8) is 0 Å². The lowest BCUT2D eigenvalue weighted by Crippen LogP contribution is -2.45. The first kappa shape index (κ1) is 42.8. The van der Waals surface area contributed by atoms with Crippen molar-refractivity contribution in [3.05, 3.63) is 77.6 Å². The van der Waals surface area contributed by atoms with E-state index in [1.165, 1.54) is 27.9 Å². The van der Waals surface area contributed by atoms with Crippen molar-refractivity contribution in [2.75, 3.05) is 24.3 Å². The number of carbonyl (C=O) groups is 1. The molecular weight excluding hydrogens is 844 g/mol. The summed E-state index contributed by atoms with van der Waals surface area (Å²) in [6.07, 6.45) is -5.57. The highest BCUT2D eigenvalue weighted by Gasteiger charge is 2.50. The first-order chi connectivity index (χ1) is 28.0. The molecule has 6 heterocycles. The molecule has 2 saturated heterocycles. The second kappa shape index (κ2) is 17.4. The maximum atomic E-state index is 12.7. The normalized spacial score (nSPS) is 26.5. The van der Waals surface area contributed by atoms with E-state index in [0.29, 0.717) is 34.1 Å². The first-order valence-corrected chi connectivity index (χ1v) is 21.1. The van der Waals surface area contributed by atoms with E-state index >= 15 is 0 Å². The minimum atomic E-state index is -5.40. The van der Waals surface area contributed by atoms with Gasteiger partial charge in [-0.15, -0.1) is 0 Å². The van der Waals surface area contributed by atoms with Gasteiger partial charge >= 0.3 is 15.6 Å². The highest BCUT2D eigenvalue weighted by atomic mass is 35.5.